The van der Waals surface area contributed by atoms with Crippen LogP contribution in [0.4, 0.5) is 11.5 Å². The lowest BCUT2D eigenvalue weighted by Crippen LogP contribution is -2.44. The molecule has 1 aromatic heterocycles. The van der Waals surface area contributed by atoms with Crippen molar-refractivity contribution in [3.05, 3.63) is 48.2 Å². The number of nitrogens with one attached hydrogen (secondary N) is 3. The molecule has 1 aliphatic carbocycles. The first-order valence-electron chi connectivity index (χ1n) is 11.4. The van der Waals surface area contributed by atoms with Gasteiger partial charge in [0.15, 0.2) is 5.82 Å². The fourth-order valence-corrected chi connectivity index (χ4v) is 5.35. The second kappa shape index (κ2) is 10.3. The Balaban J connectivity index is 1.61. The molecule has 0 atom stereocenters. The minimum absolute atomic E-state index is 0.155. The number of rotatable bonds is 6. The van der Waals surface area contributed by atoms with Crippen molar-refractivity contribution in [2.24, 2.45) is 0 Å². The minimum Gasteiger partial charge on any atom is -0.352 e. The van der Waals surface area contributed by atoms with Crippen molar-refractivity contribution in [1.29, 1.82) is 0 Å². The molecule has 2 aromatic rings. The number of nitrogens with zero attached hydrogens (tertiary/aromatic N) is 2. The van der Waals surface area contributed by atoms with Crippen molar-refractivity contribution in [2.75, 3.05) is 35.8 Å². The summed E-state index contributed by atoms with van der Waals surface area (Å²) < 4.78 is 28.7. The van der Waals surface area contributed by atoms with Gasteiger partial charge in [-0.3, -0.25) is 9.52 Å². The second-order valence-electron chi connectivity index (χ2n) is 8.41. The van der Waals surface area contributed by atoms with E-state index in [9.17, 15) is 13.2 Å². The number of piperazine rings is 1. The van der Waals surface area contributed by atoms with Gasteiger partial charge in [0.2, 0.25) is 0 Å². The molecular weight excluding hydrogens is 426 g/mol. The molecule has 0 spiro atoms. The molecule has 2 fully saturated rings. The van der Waals surface area contributed by atoms with E-state index in [1.54, 1.807) is 42.6 Å². The minimum atomic E-state index is -3.81. The van der Waals surface area contributed by atoms with Crippen molar-refractivity contribution in [3.63, 3.8) is 0 Å². The van der Waals surface area contributed by atoms with Gasteiger partial charge in [-0.15, -0.1) is 0 Å². The van der Waals surface area contributed by atoms with E-state index in [2.05, 4.69) is 20.3 Å². The molecule has 0 bridgehead atoms. The van der Waals surface area contributed by atoms with Crippen LogP contribution in [0.1, 0.15) is 48.9 Å². The fourth-order valence-electron chi connectivity index (χ4n) is 4.28. The van der Waals surface area contributed by atoms with Crippen LogP contribution in [-0.4, -0.2) is 51.5 Å². The third kappa shape index (κ3) is 5.58. The smallest absolute Gasteiger partial charge is 0.262 e. The largest absolute Gasteiger partial charge is 0.352 e. The molecule has 1 aromatic carbocycles. The molecule has 0 unspecified atom stereocenters. The normalized spacial score (nSPS) is 18.1. The molecule has 4 rings (SSSR count). The number of sulfonamides is 1. The van der Waals surface area contributed by atoms with E-state index in [0.29, 0.717) is 30.2 Å². The SMILES string of the molecule is O=C(NC1CCCCCC1)c1cnc(N2CCNCC2)c(NS(=O)(=O)c2ccccc2)c1. The van der Waals surface area contributed by atoms with Crippen molar-refractivity contribution in [2.45, 2.75) is 49.5 Å². The summed E-state index contributed by atoms with van der Waals surface area (Å²) in [4.78, 5) is 19.7. The third-order valence-corrected chi connectivity index (χ3v) is 7.42. The first kappa shape index (κ1) is 22.5. The molecule has 3 N–H and O–H groups in total. The van der Waals surface area contributed by atoms with E-state index < -0.39 is 10.0 Å². The third-order valence-electron chi connectivity index (χ3n) is 6.03. The van der Waals surface area contributed by atoms with E-state index in [4.69, 9.17) is 0 Å². The molecule has 1 aliphatic heterocycles. The molecule has 2 aliphatic rings. The number of anilines is 2. The predicted molar refractivity (Wildman–Crippen MR) is 126 cm³/mol. The molecule has 1 amide bonds. The Hall–Kier alpha value is -2.65. The quantitative estimate of drug-likeness (QED) is 0.577. The summed E-state index contributed by atoms with van der Waals surface area (Å²) in [5.74, 6) is 0.327. The van der Waals surface area contributed by atoms with Crippen LogP contribution in [0.15, 0.2) is 47.5 Å². The maximum absolute atomic E-state index is 13.0. The Bertz CT molecular complexity index is 1020. The summed E-state index contributed by atoms with van der Waals surface area (Å²) in [6, 6.07) is 9.98. The number of benzene rings is 1. The number of aromatic nitrogens is 1. The maximum atomic E-state index is 13.0. The molecule has 32 heavy (non-hydrogen) atoms. The first-order chi connectivity index (χ1) is 15.5. The highest BCUT2D eigenvalue weighted by atomic mass is 32.2. The molecule has 8 nitrogen and oxygen atoms in total. The van der Waals surface area contributed by atoms with E-state index in [1.807, 2.05) is 4.90 Å². The van der Waals surface area contributed by atoms with Gasteiger partial charge < -0.3 is 15.5 Å². The number of amides is 1. The van der Waals surface area contributed by atoms with Crippen LogP contribution in [0.3, 0.4) is 0 Å². The summed E-state index contributed by atoms with van der Waals surface area (Å²) >= 11 is 0. The van der Waals surface area contributed by atoms with E-state index >= 15 is 0 Å². The predicted octanol–water partition coefficient (Wildman–Crippen LogP) is 2.74. The number of hydrogen-bond donors (Lipinski definition) is 3. The Kier molecular flexibility index (Phi) is 7.26. The van der Waals surface area contributed by atoms with Gasteiger partial charge in [-0.1, -0.05) is 43.9 Å². The summed E-state index contributed by atoms with van der Waals surface area (Å²) in [7, 11) is -3.81. The maximum Gasteiger partial charge on any atom is 0.262 e. The van der Waals surface area contributed by atoms with Gasteiger partial charge in [0.25, 0.3) is 15.9 Å². The highest BCUT2D eigenvalue weighted by molar-refractivity contribution is 7.92. The summed E-state index contributed by atoms with van der Waals surface area (Å²) in [6.07, 6.45) is 8.15. The van der Waals surface area contributed by atoms with Gasteiger partial charge in [-0.2, -0.15) is 0 Å². The van der Waals surface area contributed by atoms with Gasteiger partial charge in [0.05, 0.1) is 16.1 Å². The van der Waals surface area contributed by atoms with Crippen molar-refractivity contribution >= 4 is 27.4 Å². The molecule has 2 heterocycles. The van der Waals surface area contributed by atoms with Crippen LogP contribution in [0.25, 0.3) is 0 Å². The van der Waals surface area contributed by atoms with Crippen molar-refractivity contribution in [1.82, 2.24) is 15.6 Å². The number of pyridine rings is 1. The van der Waals surface area contributed by atoms with Crippen molar-refractivity contribution < 1.29 is 13.2 Å². The van der Waals surface area contributed by atoms with Crippen LogP contribution >= 0.6 is 0 Å². The van der Waals surface area contributed by atoms with Crippen LogP contribution in [0, 0.1) is 0 Å². The lowest BCUT2D eigenvalue weighted by molar-refractivity contribution is 0.0933. The van der Waals surface area contributed by atoms with E-state index in [-0.39, 0.29) is 16.8 Å². The number of hydrogen-bond acceptors (Lipinski definition) is 6. The summed E-state index contributed by atoms with van der Waals surface area (Å²) in [6.45, 7) is 2.99. The van der Waals surface area contributed by atoms with Crippen LogP contribution in [0.2, 0.25) is 0 Å². The van der Waals surface area contributed by atoms with Crippen LogP contribution < -0.4 is 20.3 Å². The number of carbonyl (C=O) groups excluding carboxylic acids is 1. The molecule has 172 valence electrons. The van der Waals surface area contributed by atoms with Crippen molar-refractivity contribution in [3.8, 4) is 0 Å². The highest BCUT2D eigenvalue weighted by Crippen LogP contribution is 2.28. The first-order valence-corrected chi connectivity index (χ1v) is 12.9. The van der Waals surface area contributed by atoms with Crippen LogP contribution in [-0.2, 0) is 10.0 Å². The van der Waals surface area contributed by atoms with E-state index in [1.165, 1.54) is 12.8 Å². The Morgan fingerprint density at radius 1 is 1.03 bits per heavy atom. The Labute approximate surface area is 189 Å². The topological polar surface area (TPSA) is 103 Å². The molecule has 0 radical (unpaired) electrons. The molecule has 9 heteroatoms. The average molecular weight is 458 g/mol. The zero-order chi connectivity index (χ0) is 22.4. The van der Waals surface area contributed by atoms with Gasteiger partial charge in [0.1, 0.15) is 0 Å². The Morgan fingerprint density at radius 2 is 1.72 bits per heavy atom. The van der Waals surface area contributed by atoms with Gasteiger partial charge in [0, 0.05) is 38.4 Å². The van der Waals surface area contributed by atoms with Gasteiger partial charge in [-0.05, 0) is 31.0 Å². The zero-order valence-electron chi connectivity index (χ0n) is 18.2. The van der Waals surface area contributed by atoms with Gasteiger partial charge >= 0.3 is 0 Å². The lowest BCUT2D eigenvalue weighted by atomic mass is 10.1. The van der Waals surface area contributed by atoms with E-state index in [0.717, 1.165) is 38.8 Å². The molecule has 1 saturated carbocycles. The van der Waals surface area contributed by atoms with Crippen LogP contribution in [0.5, 0.6) is 0 Å². The fraction of sp³-hybridized carbons (Fsp3) is 0.478. The second-order valence-corrected chi connectivity index (χ2v) is 10.1. The molecule has 1 saturated heterocycles. The summed E-state index contributed by atoms with van der Waals surface area (Å²) in [5, 5.41) is 6.40. The lowest BCUT2D eigenvalue weighted by Gasteiger charge is -2.30. The van der Waals surface area contributed by atoms with Gasteiger partial charge in [-0.25, -0.2) is 13.4 Å². The monoisotopic (exact) mass is 457 g/mol. The summed E-state index contributed by atoms with van der Waals surface area (Å²) in [5.41, 5.74) is 0.683. The average Bonchev–Trinajstić information content (AvgIpc) is 3.08. The molecular formula is C23H31N5O3S. The Morgan fingerprint density at radius 3 is 2.41 bits per heavy atom. The zero-order valence-corrected chi connectivity index (χ0v) is 19.0. The highest BCUT2D eigenvalue weighted by Gasteiger charge is 2.23. The number of carbonyl (C=O) groups is 1. The standard InChI is InChI=1S/C23H31N5O3S/c29-23(26-19-8-4-1-2-5-9-19)18-16-21(22(25-17-18)28-14-12-24-13-15-28)27-32(30,31)20-10-6-3-7-11-20/h3,6-7,10-11,16-17,19,24,27H,1-2,4-5,8-9,12-15H2,(H,26,29).